The summed E-state index contributed by atoms with van der Waals surface area (Å²) in [6.07, 6.45) is 4.32. The molecule has 0 aliphatic rings. The molecular formula is C10H8BrClN2. The largest absolute Gasteiger partial charge is 0.348 e. The molecule has 0 amide bonds. The van der Waals surface area contributed by atoms with Gasteiger partial charge in [-0.2, -0.15) is 0 Å². The Hall–Kier alpha value is -0.800. The second-order valence-corrected chi connectivity index (χ2v) is 4.24. The minimum absolute atomic E-state index is 0.745. The van der Waals surface area contributed by atoms with Crippen LogP contribution in [-0.2, 0) is 6.42 Å². The third-order valence-electron chi connectivity index (χ3n) is 1.92. The van der Waals surface area contributed by atoms with Crippen LogP contribution in [0.5, 0.6) is 0 Å². The fourth-order valence-electron chi connectivity index (χ4n) is 1.25. The highest BCUT2D eigenvalue weighted by molar-refractivity contribution is 9.10. The molecule has 0 aliphatic carbocycles. The van der Waals surface area contributed by atoms with Crippen molar-refractivity contribution in [2.75, 3.05) is 0 Å². The van der Waals surface area contributed by atoms with Gasteiger partial charge in [0.2, 0.25) is 0 Å². The molecule has 1 aromatic carbocycles. The fourth-order valence-corrected chi connectivity index (χ4v) is 1.84. The fraction of sp³-hybridized carbons (Fsp3) is 0.100. The van der Waals surface area contributed by atoms with E-state index in [1.807, 2.05) is 24.4 Å². The molecule has 0 unspecified atom stereocenters. The molecule has 1 aromatic heterocycles. The van der Waals surface area contributed by atoms with Gasteiger partial charge in [0.15, 0.2) is 0 Å². The molecule has 2 nitrogen and oxygen atoms in total. The topological polar surface area (TPSA) is 28.7 Å². The predicted molar refractivity (Wildman–Crippen MR) is 60.5 cm³/mol. The van der Waals surface area contributed by atoms with E-state index >= 15 is 0 Å². The molecule has 2 rings (SSSR count). The first-order valence-electron chi connectivity index (χ1n) is 4.18. The maximum absolute atomic E-state index is 5.91. The Balaban J connectivity index is 2.28. The van der Waals surface area contributed by atoms with E-state index in [1.54, 1.807) is 6.20 Å². The monoisotopic (exact) mass is 270 g/mol. The van der Waals surface area contributed by atoms with Crippen LogP contribution in [0.2, 0.25) is 5.02 Å². The molecule has 0 saturated heterocycles. The second-order valence-electron chi connectivity index (χ2n) is 2.95. The number of nitrogens with zero attached hydrogens (tertiary/aromatic N) is 1. The van der Waals surface area contributed by atoms with Crippen LogP contribution in [0.3, 0.4) is 0 Å². The van der Waals surface area contributed by atoms with Crippen LogP contribution >= 0.6 is 27.5 Å². The summed E-state index contributed by atoms with van der Waals surface area (Å²) in [5, 5.41) is 0.745. The van der Waals surface area contributed by atoms with Crippen LogP contribution in [-0.4, -0.2) is 9.97 Å². The normalized spacial score (nSPS) is 10.4. The average Bonchev–Trinajstić information content (AvgIpc) is 2.64. The summed E-state index contributed by atoms with van der Waals surface area (Å²) >= 11 is 9.38. The second kappa shape index (κ2) is 4.15. The molecule has 1 N–H and O–H groups in total. The zero-order chi connectivity index (χ0) is 9.97. The average molecular weight is 272 g/mol. The van der Waals surface area contributed by atoms with Gasteiger partial charge in [-0.05, 0) is 23.8 Å². The number of aromatic amines is 1. The molecule has 72 valence electrons. The van der Waals surface area contributed by atoms with E-state index in [0.29, 0.717) is 0 Å². The highest BCUT2D eigenvalue weighted by Crippen LogP contribution is 2.22. The maximum atomic E-state index is 5.91. The minimum atomic E-state index is 0.745. The van der Waals surface area contributed by atoms with Crippen LogP contribution in [0.15, 0.2) is 35.1 Å². The van der Waals surface area contributed by atoms with Gasteiger partial charge in [0.25, 0.3) is 0 Å². The Kier molecular flexibility index (Phi) is 2.89. The van der Waals surface area contributed by atoms with Crippen molar-refractivity contribution in [3.63, 3.8) is 0 Å². The van der Waals surface area contributed by atoms with Crippen molar-refractivity contribution in [1.82, 2.24) is 9.97 Å². The van der Waals surface area contributed by atoms with Crippen LogP contribution in [0.1, 0.15) is 11.4 Å². The lowest BCUT2D eigenvalue weighted by molar-refractivity contribution is 1.02. The lowest BCUT2D eigenvalue weighted by Gasteiger charge is -2.02. The molecule has 0 radical (unpaired) electrons. The van der Waals surface area contributed by atoms with Gasteiger partial charge in [0, 0.05) is 28.3 Å². The van der Waals surface area contributed by atoms with E-state index in [4.69, 9.17) is 11.6 Å². The number of halogens is 2. The predicted octanol–water partition coefficient (Wildman–Crippen LogP) is 3.42. The Bertz CT molecular complexity index is 426. The molecule has 0 saturated carbocycles. The smallest absolute Gasteiger partial charge is 0.110 e. The van der Waals surface area contributed by atoms with Crippen LogP contribution in [0, 0.1) is 0 Å². The van der Waals surface area contributed by atoms with Crippen molar-refractivity contribution < 1.29 is 0 Å². The minimum Gasteiger partial charge on any atom is -0.348 e. The van der Waals surface area contributed by atoms with E-state index in [-0.39, 0.29) is 0 Å². The summed E-state index contributed by atoms with van der Waals surface area (Å²) in [4.78, 5) is 7.22. The highest BCUT2D eigenvalue weighted by atomic mass is 79.9. The van der Waals surface area contributed by atoms with Crippen molar-refractivity contribution in [2.24, 2.45) is 0 Å². The third-order valence-corrected chi connectivity index (χ3v) is 2.93. The quantitative estimate of drug-likeness (QED) is 0.891. The number of hydrogen-bond acceptors (Lipinski definition) is 1. The lowest BCUT2D eigenvalue weighted by atomic mass is 10.1. The zero-order valence-electron chi connectivity index (χ0n) is 7.30. The van der Waals surface area contributed by atoms with Gasteiger partial charge < -0.3 is 4.98 Å². The first-order valence-corrected chi connectivity index (χ1v) is 5.35. The van der Waals surface area contributed by atoms with E-state index in [1.165, 1.54) is 0 Å². The molecule has 4 heteroatoms. The molecule has 2 aromatic rings. The van der Waals surface area contributed by atoms with Gasteiger partial charge in [-0.1, -0.05) is 27.5 Å². The standard InChI is InChI=1S/C10H8BrClN2/c11-9-2-1-8(12)5-7(9)6-10-13-3-4-14-10/h1-5H,6H2,(H,13,14). The Morgan fingerprint density at radius 1 is 1.43 bits per heavy atom. The summed E-state index contributed by atoms with van der Waals surface area (Å²) < 4.78 is 1.05. The third kappa shape index (κ3) is 2.16. The van der Waals surface area contributed by atoms with Crippen LogP contribution < -0.4 is 0 Å². The number of aromatic nitrogens is 2. The van der Waals surface area contributed by atoms with Gasteiger partial charge in [-0.25, -0.2) is 4.98 Å². The molecule has 0 atom stereocenters. The number of H-pyrrole nitrogens is 1. The van der Waals surface area contributed by atoms with E-state index in [2.05, 4.69) is 25.9 Å². The van der Waals surface area contributed by atoms with Crippen molar-refractivity contribution in [1.29, 1.82) is 0 Å². The Labute approximate surface area is 95.5 Å². The number of rotatable bonds is 2. The Morgan fingerprint density at radius 3 is 3.00 bits per heavy atom. The van der Waals surface area contributed by atoms with Crippen molar-refractivity contribution in [2.45, 2.75) is 6.42 Å². The van der Waals surface area contributed by atoms with E-state index in [0.717, 1.165) is 27.3 Å². The van der Waals surface area contributed by atoms with Gasteiger partial charge in [0.1, 0.15) is 5.82 Å². The zero-order valence-corrected chi connectivity index (χ0v) is 9.64. The van der Waals surface area contributed by atoms with E-state index in [9.17, 15) is 0 Å². The van der Waals surface area contributed by atoms with Gasteiger partial charge in [-0.3, -0.25) is 0 Å². The summed E-state index contributed by atoms with van der Waals surface area (Å²) in [5.41, 5.74) is 1.13. The van der Waals surface area contributed by atoms with Crippen LogP contribution in [0.4, 0.5) is 0 Å². The highest BCUT2D eigenvalue weighted by Gasteiger charge is 2.03. The lowest BCUT2D eigenvalue weighted by Crippen LogP contribution is -1.91. The molecule has 0 aliphatic heterocycles. The molecule has 0 spiro atoms. The molecule has 0 fully saturated rings. The SMILES string of the molecule is Clc1ccc(Br)c(Cc2ncc[nH]2)c1. The van der Waals surface area contributed by atoms with Crippen molar-refractivity contribution in [3.05, 3.63) is 51.5 Å². The summed E-state index contributed by atoms with van der Waals surface area (Å²) in [6.45, 7) is 0. The molecule has 1 heterocycles. The van der Waals surface area contributed by atoms with Crippen molar-refractivity contribution in [3.8, 4) is 0 Å². The molecule has 0 bridgehead atoms. The number of benzene rings is 1. The first kappa shape index (κ1) is 9.74. The summed E-state index contributed by atoms with van der Waals surface area (Å²) in [6, 6.07) is 5.74. The molecule has 14 heavy (non-hydrogen) atoms. The van der Waals surface area contributed by atoms with Gasteiger partial charge in [-0.15, -0.1) is 0 Å². The maximum Gasteiger partial charge on any atom is 0.110 e. The van der Waals surface area contributed by atoms with Crippen LogP contribution in [0.25, 0.3) is 0 Å². The molecular weight excluding hydrogens is 263 g/mol. The number of nitrogens with one attached hydrogen (secondary N) is 1. The van der Waals surface area contributed by atoms with Gasteiger partial charge >= 0.3 is 0 Å². The number of imidazole rings is 1. The first-order chi connectivity index (χ1) is 6.75. The number of hydrogen-bond donors (Lipinski definition) is 1. The van der Waals surface area contributed by atoms with Crippen molar-refractivity contribution >= 4 is 27.5 Å². The van der Waals surface area contributed by atoms with E-state index < -0.39 is 0 Å². The summed E-state index contributed by atoms with van der Waals surface area (Å²) in [7, 11) is 0. The summed E-state index contributed by atoms with van der Waals surface area (Å²) in [5.74, 6) is 0.938. The van der Waals surface area contributed by atoms with Gasteiger partial charge in [0.05, 0.1) is 0 Å². The Morgan fingerprint density at radius 2 is 2.29 bits per heavy atom.